The molecule has 0 bridgehead atoms. The van der Waals surface area contributed by atoms with E-state index in [4.69, 9.17) is 4.74 Å². The Morgan fingerprint density at radius 3 is 2.27 bits per heavy atom. The average molecular weight is 294 g/mol. The van der Waals surface area contributed by atoms with Gasteiger partial charge in [-0.3, -0.25) is 4.79 Å². The fourth-order valence-corrected chi connectivity index (χ4v) is 3.77. The summed E-state index contributed by atoms with van der Waals surface area (Å²) in [6, 6.07) is 15.7. The van der Waals surface area contributed by atoms with Gasteiger partial charge in [-0.1, -0.05) is 48.5 Å². The number of benzene rings is 2. The lowest BCUT2D eigenvalue weighted by Crippen LogP contribution is -2.42. The van der Waals surface area contributed by atoms with Crippen LogP contribution in [0.3, 0.4) is 0 Å². The van der Waals surface area contributed by atoms with Crippen LogP contribution in [0, 0.1) is 0 Å². The Balaban J connectivity index is 1.98. The van der Waals surface area contributed by atoms with E-state index in [0.29, 0.717) is 0 Å². The van der Waals surface area contributed by atoms with E-state index in [9.17, 15) is 14.7 Å². The van der Waals surface area contributed by atoms with Crippen LogP contribution >= 0.6 is 0 Å². The SMILES string of the molecule is O=C1C[C@@H]2c3ccccc3-c3ccccc3[C@@H]2[C@@H](C(=O)O)O1. The number of esters is 1. The molecule has 1 heterocycles. The number of carboxylic acids is 1. The van der Waals surface area contributed by atoms with Gasteiger partial charge in [0.15, 0.2) is 0 Å². The minimum atomic E-state index is -1.12. The van der Waals surface area contributed by atoms with Crippen molar-refractivity contribution in [2.24, 2.45) is 0 Å². The van der Waals surface area contributed by atoms with Crippen molar-refractivity contribution in [1.29, 1.82) is 0 Å². The molecule has 1 fully saturated rings. The molecule has 1 N–H and O–H groups in total. The van der Waals surface area contributed by atoms with Crippen LogP contribution in [0.25, 0.3) is 11.1 Å². The number of carbonyl (C=O) groups is 2. The van der Waals surface area contributed by atoms with E-state index in [0.717, 1.165) is 22.3 Å². The van der Waals surface area contributed by atoms with Crippen LogP contribution in [0.2, 0.25) is 0 Å². The van der Waals surface area contributed by atoms with Gasteiger partial charge in [-0.25, -0.2) is 4.79 Å². The number of rotatable bonds is 1. The molecule has 2 aliphatic rings. The first kappa shape index (κ1) is 13.1. The Bertz CT molecular complexity index is 778. The maximum absolute atomic E-state index is 11.9. The largest absolute Gasteiger partial charge is 0.478 e. The molecule has 0 radical (unpaired) electrons. The molecular formula is C18H14O4. The number of cyclic esters (lactones) is 1. The third kappa shape index (κ3) is 1.77. The maximum Gasteiger partial charge on any atom is 0.345 e. The summed E-state index contributed by atoms with van der Waals surface area (Å²) in [7, 11) is 0. The lowest BCUT2D eigenvalue weighted by molar-refractivity contribution is -0.171. The molecule has 0 unspecified atom stereocenters. The molecule has 4 rings (SSSR count). The smallest absolute Gasteiger partial charge is 0.345 e. The first-order valence-electron chi connectivity index (χ1n) is 7.27. The number of hydrogen-bond donors (Lipinski definition) is 1. The second kappa shape index (κ2) is 4.70. The van der Waals surface area contributed by atoms with E-state index in [1.165, 1.54) is 0 Å². The first-order chi connectivity index (χ1) is 10.7. The molecule has 2 aromatic rings. The molecule has 0 aromatic heterocycles. The first-order valence-corrected chi connectivity index (χ1v) is 7.27. The quantitative estimate of drug-likeness (QED) is 0.821. The zero-order valence-electron chi connectivity index (χ0n) is 11.7. The van der Waals surface area contributed by atoms with Crippen LogP contribution in [0.5, 0.6) is 0 Å². The average Bonchev–Trinajstić information content (AvgIpc) is 2.54. The molecule has 22 heavy (non-hydrogen) atoms. The van der Waals surface area contributed by atoms with Crippen molar-refractivity contribution in [3.05, 3.63) is 59.7 Å². The van der Waals surface area contributed by atoms with Gasteiger partial charge in [0.05, 0.1) is 6.42 Å². The van der Waals surface area contributed by atoms with Gasteiger partial charge in [-0.05, 0) is 22.3 Å². The number of fused-ring (bicyclic) bond motifs is 6. The Morgan fingerprint density at radius 2 is 1.59 bits per heavy atom. The predicted molar refractivity (Wildman–Crippen MR) is 79.5 cm³/mol. The Hall–Kier alpha value is -2.62. The van der Waals surface area contributed by atoms with Gasteiger partial charge in [0.25, 0.3) is 0 Å². The van der Waals surface area contributed by atoms with Gasteiger partial charge in [0.2, 0.25) is 6.10 Å². The second-order valence-electron chi connectivity index (χ2n) is 5.76. The predicted octanol–water partition coefficient (Wildman–Crippen LogP) is 2.93. The molecule has 1 aliphatic heterocycles. The fraction of sp³-hybridized carbons (Fsp3) is 0.222. The maximum atomic E-state index is 11.9. The van der Waals surface area contributed by atoms with Crippen molar-refractivity contribution in [3.63, 3.8) is 0 Å². The number of hydrogen-bond acceptors (Lipinski definition) is 3. The summed E-state index contributed by atoms with van der Waals surface area (Å²) in [4.78, 5) is 23.5. The van der Waals surface area contributed by atoms with E-state index < -0.39 is 18.0 Å². The highest BCUT2D eigenvalue weighted by atomic mass is 16.6. The van der Waals surface area contributed by atoms with E-state index in [1.807, 2.05) is 48.5 Å². The van der Waals surface area contributed by atoms with Gasteiger partial charge in [0, 0.05) is 11.8 Å². The summed E-state index contributed by atoms with van der Waals surface area (Å²) in [6.07, 6.45) is -0.902. The highest BCUT2D eigenvalue weighted by molar-refractivity contribution is 5.86. The van der Waals surface area contributed by atoms with Gasteiger partial charge in [0.1, 0.15) is 0 Å². The summed E-state index contributed by atoms with van der Waals surface area (Å²) in [5, 5.41) is 9.49. The molecule has 0 spiro atoms. The van der Waals surface area contributed by atoms with Gasteiger partial charge in [-0.2, -0.15) is 0 Å². The monoisotopic (exact) mass is 294 g/mol. The van der Waals surface area contributed by atoms with Crippen LogP contribution in [-0.2, 0) is 14.3 Å². The van der Waals surface area contributed by atoms with Crippen molar-refractivity contribution >= 4 is 11.9 Å². The summed E-state index contributed by atoms with van der Waals surface area (Å²) in [5.41, 5.74) is 4.10. The Labute approximate surface area is 127 Å². The van der Waals surface area contributed by atoms with E-state index in [2.05, 4.69) is 0 Å². The van der Waals surface area contributed by atoms with Crippen molar-refractivity contribution in [3.8, 4) is 11.1 Å². The molecular weight excluding hydrogens is 280 g/mol. The lowest BCUT2D eigenvalue weighted by Gasteiger charge is -2.40. The third-order valence-electron chi connectivity index (χ3n) is 4.62. The Kier molecular flexibility index (Phi) is 2.79. The molecule has 3 atom stereocenters. The molecule has 110 valence electrons. The molecule has 1 saturated heterocycles. The summed E-state index contributed by atoms with van der Waals surface area (Å²) >= 11 is 0. The number of ether oxygens (including phenoxy) is 1. The van der Waals surface area contributed by atoms with Crippen LogP contribution in [0.1, 0.15) is 29.4 Å². The van der Waals surface area contributed by atoms with Crippen molar-refractivity contribution in [2.75, 3.05) is 0 Å². The van der Waals surface area contributed by atoms with Crippen LogP contribution < -0.4 is 0 Å². The van der Waals surface area contributed by atoms with E-state index in [-0.39, 0.29) is 18.3 Å². The minimum Gasteiger partial charge on any atom is -0.478 e. The van der Waals surface area contributed by atoms with Crippen LogP contribution in [0.15, 0.2) is 48.5 Å². The third-order valence-corrected chi connectivity index (χ3v) is 4.62. The van der Waals surface area contributed by atoms with Gasteiger partial charge >= 0.3 is 11.9 Å². The van der Waals surface area contributed by atoms with Gasteiger partial charge in [-0.15, -0.1) is 0 Å². The highest BCUT2D eigenvalue weighted by Gasteiger charge is 2.47. The molecule has 0 saturated carbocycles. The number of carbonyl (C=O) groups excluding carboxylic acids is 1. The van der Waals surface area contributed by atoms with E-state index in [1.54, 1.807) is 0 Å². The molecule has 4 heteroatoms. The zero-order chi connectivity index (χ0) is 15.3. The molecule has 2 aromatic carbocycles. The molecule has 4 nitrogen and oxygen atoms in total. The highest BCUT2D eigenvalue weighted by Crippen LogP contribution is 2.52. The van der Waals surface area contributed by atoms with Crippen LogP contribution in [0.4, 0.5) is 0 Å². The Morgan fingerprint density at radius 1 is 1.00 bits per heavy atom. The number of carboxylic acid groups (broad SMARTS) is 1. The second-order valence-corrected chi connectivity index (χ2v) is 5.76. The summed E-state index contributed by atoms with van der Waals surface area (Å²) in [6.45, 7) is 0. The summed E-state index contributed by atoms with van der Waals surface area (Å²) < 4.78 is 5.15. The molecule has 1 aliphatic carbocycles. The van der Waals surface area contributed by atoms with Crippen molar-refractivity contribution < 1.29 is 19.4 Å². The zero-order valence-corrected chi connectivity index (χ0v) is 11.7. The molecule has 0 amide bonds. The van der Waals surface area contributed by atoms with Crippen molar-refractivity contribution in [1.82, 2.24) is 0 Å². The summed E-state index contributed by atoms with van der Waals surface area (Å²) in [5.74, 6) is -2.00. The fourth-order valence-electron chi connectivity index (χ4n) is 3.77. The minimum absolute atomic E-state index is 0.145. The normalized spacial score (nSPS) is 25.5. The van der Waals surface area contributed by atoms with Crippen molar-refractivity contribution in [2.45, 2.75) is 24.4 Å². The van der Waals surface area contributed by atoms with E-state index >= 15 is 0 Å². The topological polar surface area (TPSA) is 63.6 Å². The standard InChI is InChI=1S/C18H14O4/c19-15-9-14-12-7-2-1-5-10(12)11-6-3-4-8-13(11)16(14)17(22-15)18(20)21/h1-8,14,16-17H,9H2,(H,20,21)/t14-,16+,17+/m1/s1. The van der Waals surface area contributed by atoms with Crippen LogP contribution in [-0.4, -0.2) is 23.1 Å². The lowest BCUT2D eigenvalue weighted by atomic mass is 9.67. The number of aliphatic carboxylic acids is 1. The van der Waals surface area contributed by atoms with Gasteiger partial charge < -0.3 is 9.84 Å².